The summed E-state index contributed by atoms with van der Waals surface area (Å²) in [6.45, 7) is 9.68. The lowest BCUT2D eigenvalue weighted by molar-refractivity contribution is 0.0175. The van der Waals surface area contributed by atoms with Gasteiger partial charge in [0.1, 0.15) is 0 Å². The summed E-state index contributed by atoms with van der Waals surface area (Å²) < 4.78 is 27.6. The number of halogens is 2. The maximum absolute atomic E-state index is 13.8. The van der Waals surface area contributed by atoms with E-state index in [1.165, 1.54) is 6.07 Å². The van der Waals surface area contributed by atoms with Crippen LogP contribution in [0.4, 0.5) is 20.3 Å². The number of aromatic nitrogens is 2. The van der Waals surface area contributed by atoms with Crippen molar-refractivity contribution in [2.45, 2.75) is 26.2 Å². The van der Waals surface area contributed by atoms with Gasteiger partial charge in [0, 0.05) is 61.5 Å². The highest BCUT2D eigenvalue weighted by Gasteiger charge is 2.26. The topological polar surface area (TPSA) is 32.3 Å². The van der Waals surface area contributed by atoms with Gasteiger partial charge in [-0.3, -0.25) is 0 Å². The van der Waals surface area contributed by atoms with Crippen molar-refractivity contribution >= 4 is 22.3 Å². The number of hydrogen-bond acceptors (Lipinski definition) is 4. The van der Waals surface area contributed by atoms with Crippen LogP contribution in [0.3, 0.4) is 0 Å². The Morgan fingerprint density at radius 2 is 1.71 bits per heavy atom. The van der Waals surface area contributed by atoms with E-state index in [0.717, 1.165) is 66.6 Å². The second-order valence-corrected chi connectivity index (χ2v) is 8.58. The fourth-order valence-corrected chi connectivity index (χ4v) is 4.39. The van der Waals surface area contributed by atoms with Crippen molar-refractivity contribution < 1.29 is 8.78 Å². The van der Waals surface area contributed by atoms with E-state index in [1.807, 2.05) is 37.3 Å². The van der Waals surface area contributed by atoms with E-state index < -0.39 is 5.92 Å². The van der Waals surface area contributed by atoms with E-state index in [4.69, 9.17) is 0 Å². The van der Waals surface area contributed by atoms with Crippen molar-refractivity contribution in [3.63, 3.8) is 0 Å². The number of nitrogens with zero attached hydrogens (tertiary/aromatic N) is 4. The molecule has 1 aliphatic rings. The molecule has 0 amide bonds. The maximum atomic E-state index is 13.8. The third-order valence-electron chi connectivity index (χ3n) is 6.13. The van der Waals surface area contributed by atoms with Gasteiger partial charge in [-0.05, 0) is 24.6 Å². The summed E-state index contributed by atoms with van der Waals surface area (Å²) in [7, 11) is 0. The zero-order valence-corrected chi connectivity index (χ0v) is 19.7. The van der Waals surface area contributed by atoms with Gasteiger partial charge >= 0.3 is 0 Å². The van der Waals surface area contributed by atoms with Crippen molar-refractivity contribution in [3.8, 4) is 0 Å². The number of allylic oxidation sites excluding steroid dienone is 5. The third-order valence-corrected chi connectivity index (χ3v) is 6.13. The molecule has 2 heterocycles. The van der Waals surface area contributed by atoms with E-state index in [0.29, 0.717) is 6.42 Å². The highest BCUT2D eigenvalue weighted by Crippen LogP contribution is 2.31. The van der Waals surface area contributed by atoms with E-state index in [1.54, 1.807) is 18.2 Å². The van der Waals surface area contributed by atoms with Gasteiger partial charge in [-0.15, -0.1) is 5.10 Å². The molecule has 0 aliphatic carbocycles. The van der Waals surface area contributed by atoms with Crippen molar-refractivity contribution in [1.29, 1.82) is 0 Å². The van der Waals surface area contributed by atoms with Gasteiger partial charge in [-0.2, -0.15) is 5.10 Å². The number of piperazine rings is 1. The van der Waals surface area contributed by atoms with E-state index in [9.17, 15) is 8.78 Å². The zero-order valence-electron chi connectivity index (χ0n) is 19.7. The molecule has 1 fully saturated rings. The molecule has 6 heteroatoms. The molecule has 4 nitrogen and oxygen atoms in total. The fourth-order valence-electron chi connectivity index (χ4n) is 4.39. The largest absolute Gasteiger partial charge is 0.368 e. The monoisotopic (exact) mass is 460 g/mol. The summed E-state index contributed by atoms with van der Waals surface area (Å²) in [4.78, 5) is 4.39. The van der Waals surface area contributed by atoms with Crippen LogP contribution < -0.4 is 9.80 Å². The Balaban J connectivity index is 1.56. The minimum absolute atomic E-state index is 0.0441. The Kier molecular flexibility index (Phi) is 7.06. The first-order valence-electron chi connectivity index (χ1n) is 11.6. The molecule has 0 bridgehead atoms. The molecule has 176 valence electrons. The molecular formula is C28H30F2N4. The number of alkyl halides is 2. The second kappa shape index (κ2) is 10.2. The second-order valence-electron chi connectivity index (χ2n) is 8.58. The molecule has 1 aromatic heterocycles. The number of rotatable bonds is 7. The van der Waals surface area contributed by atoms with Crippen LogP contribution in [0.25, 0.3) is 10.8 Å². The Bertz CT molecular complexity index is 1220. The summed E-state index contributed by atoms with van der Waals surface area (Å²) >= 11 is 0. The van der Waals surface area contributed by atoms with Crippen LogP contribution >= 0.6 is 0 Å². The summed E-state index contributed by atoms with van der Waals surface area (Å²) in [6, 6.07) is 14.9. The lowest BCUT2D eigenvalue weighted by Crippen LogP contribution is -2.47. The summed E-state index contributed by atoms with van der Waals surface area (Å²) in [6.07, 6.45) is 8.53. The first kappa shape index (κ1) is 23.6. The Hall–Kier alpha value is -3.54. The van der Waals surface area contributed by atoms with Gasteiger partial charge in [0.2, 0.25) is 0 Å². The molecule has 0 unspecified atom stereocenters. The van der Waals surface area contributed by atoms with Crippen molar-refractivity contribution in [1.82, 2.24) is 10.2 Å². The number of benzene rings is 2. The molecule has 1 saturated heterocycles. The SMILES string of the molecule is C=C/C=C(\C=C/C)Cc1nnc(N2CCN(c3cccc(C(C)(F)F)c3)CC2)c2ccccc12. The van der Waals surface area contributed by atoms with Crippen LogP contribution in [-0.2, 0) is 12.3 Å². The summed E-state index contributed by atoms with van der Waals surface area (Å²) in [5, 5.41) is 11.4. The van der Waals surface area contributed by atoms with Gasteiger partial charge in [0.15, 0.2) is 5.82 Å². The van der Waals surface area contributed by atoms with Crippen LogP contribution in [0.2, 0.25) is 0 Å². The first-order valence-corrected chi connectivity index (χ1v) is 11.6. The third kappa shape index (κ3) is 5.16. The van der Waals surface area contributed by atoms with Crippen LogP contribution in [0.15, 0.2) is 85.0 Å². The fraction of sp³-hybridized carbons (Fsp3) is 0.286. The highest BCUT2D eigenvalue weighted by molar-refractivity contribution is 5.93. The molecule has 3 aromatic rings. The predicted molar refractivity (Wildman–Crippen MR) is 137 cm³/mol. The van der Waals surface area contributed by atoms with Gasteiger partial charge in [-0.25, -0.2) is 8.78 Å². The van der Waals surface area contributed by atoms with Gasteiger partial charge in [0.25, 0.3) is 5.92 Å². The van der Waals surface area contributed by atoms with Crippen LogP contribution in [0, 0.1) is 0 Å². The molecule has 0 N–H and O–H groups in total. The Morgan fingerprint density at radius 3 is 2.38 bits per heavy atom. The highest BCUT2D eigenvalue weighted by atomic mass is 19.3. The molecule has 0 radical (unpaired) electrons. The molecule has 0 saturated carbocycles. The Morgan fingerprint density at radius 1 is 1.00 bits per heavy atom. The van der Waals surface area contributed by atoms with Crippen LogP contribution in [0.1, 0.15) is 25.1 Å². The molecular weight excluding hydrogens is 430 g/mol. The van der Waals surface area contributed by atoms with Crippen molar-refractivity contribution in [2.24, 2.45) is 0 Å². The first-order chi connectivity index (χ1) is 16.4. The van der Waals surface area contributed by atoms with Crippen LogP contribution in [0.5, 0.6) is 0 Å². The predicted octanol–water partition coefficient (Wildman–Crippen LogP) is 6.30. The van der Waals surface area contributed by atoms with E-state index in [2.05, 4.69) is 44.8 Å². The number of fused-ring (bicyclic) bond motifs is 1. The molecule has 2 aromatic carbocycles. The Labute approximate surface area is 199 Å². The lowest BCUT2D eigenvalue weighted by atomic mass is 10.0. The zero-order chi connectivity index (χ0) is 24.1. The standard InChI is InChI=1S/C28H30F2N4/c1-4-9-21(10-5-2)19-26-24-13-6-7-14-25(24)27(32-31-26)34-17-15-33(16-18-34)23-12-8-11-22(20-23)28(3,29)30/h4-14,20H,1,15-19H2,2-3H3/b10-5-,21-9+. The quantitative estimate of drug-likeness (QED) is 0.388. The van der Waals surface area contributed by atoms with Crippen molar-refractivity contribution in [3.05, 3.63) is 96.2 Å². The summed E-state index contributed by atoms with van der Waals surface area (Å²) in [5.74, 6) is -1.98. The average Bonchev–Trinajstić information content (AvgIpc) is 2.84. The van der Waals surface area contributed by atoms with Gasteiger partial charge in [-0.1, -0.05) is 67.3 Å². The molecule has 1 aliphatic heterocycles. The lowest BCUT2D eigenvalue weighted by Gasteiger charge is -2.37. The van der Waals surface area contributed by atoms with E-state index in [-0.39, 0.29) is 5.56 Å². The maximum Gasteiger partial charge on any atom is 0.270 e. The van der Waals surface area contributed by atoms with Crippen LogP contribution in [-0.4, -0.2) is 36.4 Å². The average molecular weight is 461 g/mol. The molecule has 34 heavy (non-hydrogen) atoms. The molecule has 0 spiro atoms. The van der Waals surface area contributed by atoms with Gasteiger partial charge < -0.3 is 9.80 Å². The molecule has 0 atom stereocenters. The van der Waals surface area contributed by atoms with E-state index >= 15 is 0 Å². The summed E-state index contributed by atoms with van der Waals surface area (Å²) in [5.41, 5.74) is 2.93. The smallest absolute Gasteiger partial charge is 0.270 e. The minimum Gasteiger partial charge on any atom is -0.368 e. The normalized spacial score (nSPS) is 15.4. The molecule has 4 rings (SSSR count). The van der Waals surface area contributed by atoms with Gasteiger partial charge in [0.05, 0.1) is 5.69 Å². The number of hydrogen-bond donors (Lipinski definition) is 0. The minimum atomic E-state index is -2.85. The number of anilines is 2. The van der Waals surface area contributed by atoms with Crippen molar-refractivity contribution in [2.75, 3.05) is 36.0 Å².